The molecule has 2 unspecified atom stereocenters. The van der Waals surface area contributed by atoms with E-state index in [0.29, 0.717) is 6.04 Å². The van der Waals surface area contributed by atoms with Crippen molar-refractivity contribution in [1.29, 1.82) is 0 Å². The lowest BCUT2D eigenvalue weighted by atomic mass is 10.0. The van der Waals surface area contributed by atoms with Gasteiger partial charge in [0.2, 0.25) is 0 Å². The van der Waals surface area contributed by atoms with Crippen molar-refractivity contribution in [3.8, 4) is 5.75 Å². The monoisotopic (exact) mass is 294 g/mol. The van der Waals surface area contributed by atoms with Gasteiger partial charge >= 0.3 is 0 Å². The molecule has 1 rings (SSSR count). The molecule has 120 valence electrons. The first kappa shape index (κ1) is 18.0. The van der Waals surface area contributed by atoms with Crippen LogP contribution in [-0.2, 0) is 11.2 Å². The topological polar surface area (TPSA) is 47.7 Å². The van der Waals surface area contributed by atoms with Crippen LogP contribution in [0.3, 0.4) is 0 Å². The van der Waals surface area contributed by atoms with Gasteiger partial charge < -0.3 is 20.1 Å². The molecular weight excluding hydrogens is 264 g/mol. The van der Waals surface area contributed by atoms with Crippen molar-refractivity contribution >= 4 is 0 Å². The number of hydrogen-bond acceptors (Lipinski definition) is 4. The molecule has 0 aliphatic rings. The summed E-state index contributed by atoms with van der Waals surface area (Å²) < 4.78 is 10.5. The SMILES string of the molecule is COCCCC(N)CN(C)C(C)Cc1ccccc1OC. The fourth-order valence-corrected chi connectivity index (χ4v) is 2.48. The summed E-state index contributed by atoms with van der Waals surface area (Å²) in [6.45, 7) is 3.92. The molecule has 0 fully saturated rings. The summed E-state index contributed by atoms with van der Waals surface area (Å²) in [7, 11) is 5.59. The summed E-state index contributed by atoms with van der Waals surface area (Å²) in [6, 6.07) is 8.82. The Morgan fingerprint density at radius 1 is 1.24 bits per heavy atom. The first-order valence-electron chi connectivity index (χ1n) is 7.65. The zero-order valence-electron chi connectivity index (χ0n) is 13.8. The van der Waals surface area contributed by atoms with Gasteiger partial charge in [0.25, 0.3) is 0 Å². The van der Waals surface area contributed by atoms with E-state index in [9.17, 15) is 0 Å². The van der Waals surface area contributed by atoms with Crippen LogP contribution in [0.25, 0.3) is 0 Å². The Morgan fingerprint density at radius 2 is 1.95 bits per heavy atom. The van der Waals surface area contributed by atoms with Gasteiger partial charge in [0.1, 0.15) is 5.75 Å². The molecule has 0 aromatic heterocycles. The Balaban J connectivity index is 2.45. The number of hydrogen-bond donors (Lipinski definition) is 1. The lowest BCUT2D eigenvalue weighted by Gasteiger charge is -2.28. The van der Waals surface area contributed by atoms with E-state index in [4.69, 9.17) is 15.2 Å². The van der Waals surface area contributed by atoms with E-state index in [-0.39, 0.29) is 6.04 Å². The molecule has 4 heteroatoms. The second-order valence-electron chi connectivity index (χ2n) is 5.70. The number of rotatable bonds is 10. The fourth-order valence-electron chi connectivity index (χ4n) is 2.48. The van der Waals surface area contributed by atoms with Crippen molar-refractivity contribution in [1.82, 2.24) is 4.90 Å². The molecule has 1 aromatic rings. The van der Waals surface area contributed by atoms with Gasteiger partial charge in [-0.3, -0.25) is 0 Å². The molecule has 0 spiro atoms. The van der Waals surface area contributed by atoms with Crippen LogP contribution in [0.15, 0.2) is 24.3 Å². The number of ether oxygens (including phenoxy) is 2. The lowest BCUT2D eigenvalue weighted by Crippen LogP contribution is -2.40. The van der Waals surface area contributed by atoms with Gasteiger partial charge in [0.05, 0.1) is 7.11 Å². The maximum atomic E-state index is 6.18. The average Bonchev–Trinajstić information content (AvgIpc) is 2.48. The van der Waals surface area contributed by atoms with Crippen LogP contribution in [0.5, 0.6) is 5.75 Å². The predicted molar refractivity (Wildman–Crippen MR) is 87.9 cm³/mol. The standard InChI is InChI=1S/C17H30N2O2/c1-14(12-15-8-5-6-10-17(15)21-4)19(2)13-16(18)9-7-11-20-3/h5-6,8,10,14,16H,7,9,11-13,18H2,1-4H3. The summed E-state index contributed by atoms with van der Waals surface area (Å²) in [5, 5.41) is 0. The third-order valence-corrected chi connectivity index (χ3v) is 3.91. The highest BCUT2D eigenvalue weighted by Gasteiger charge is 2.15. The minimum absolute atomic E-state index is 0.199. The summed E-state index contributed by atoms with van der Waals surface area (Å²) in [4.78, 5) is 2.32. The minimum Gasteiger partial charge on any atom is -0.496 e. The summed E-state index contributed by atoms with van der Waals surface area (Å²) in [6.07, 6.45) is 2.98. The highest BCUT2D eigenvalue weighted by atomic mass is 16.5. The van der Waals surface area contributed by atoms with Gasteiger partial charge in [-0.1, -0.05) is 18.2 Å². The van der Waals surface area contributed by atoms with E-state index < -0.39 is 0 Å². The summed E-state index contributed by atoms with van der Waals surface area (Å²) in [5.41, 5.74) is 7.42. The number of methoxy groups -OCH3 is 2. The van der Waals surface area contributed by atoms with Crippen LogP contribution in [0, 0.1) is 0 Å². The van der Waals surface area contributed by atoms with Gasteiger partial charge in [-0.15, -0.1) is 0 Å². The maximum Gasteiger partial charge on any atom is 0.122 e. The Hall–Kier alpha value is -1.10. The zero-order chi connectivity index (χ0) is 15.7. The number of nitrogens with two attached hydrogens (primary N) is 1. The Labute approximate surface area is 129 Å². The molecular formula is C17H30N2O2. The summed E-state index contributed by atoms with van der Waals surface area (Å²) >= 11 is 0. The van der Waals surface area contributed by atoms with E-state index >= 15 is 0 Å². The van der Waals surface area contributed by atoms with Crippen LogP contribution < -0.4 is 10.5 Å². The highest BCUT2D eigenvalue weighted by molar-refractivity contribution is 5.33. The van der Waals surface area contributed by atoms with Crippen molar-refractivity contribution in [2.24, 2.45) is 5.73 Å². The molecule has 2 N–H and O–H groups in total. The predicted octanol–water partition coefficient (Wildman–Crippen LogP) is 2.31. The summed E-state index contributed by atoms with van der Waals surface area (Å²) in [5.74, 6) is 0.960. The van der Waals surface area contributed by atoms with Crippen LogP contribution in [-0.4, -0.2) is 51.4 Å². The smallest absolute Gasteiger partial charge is 0.122 e. The molecule has 0 aliphatic heterocycles. The van der Waals surface area contributed by atoms with Gasteiger partial charge in [-0.25, -0.2) is 0 Å². The first-order valence-corrected chi connectivity index (χ1v) is 7.65. The molecule has 21 heavy (non-hydrogen) atoms. The van der Waals surface area contributed by atoms with E-state index in [1.165, 1.54) is 5.56 Å². The molecule has 0 bridgehead atoms. The van der Waals surface area contributed by atoms with Crippen molar-refractivity contribution in [3.05, 3.63) is 29.8 Å². The Morgan fingerprint density at radius 3 is 2.62 bits per heavy atom. The number of likely N-dealkylation sites (N-methyl/N-ethyl adjacent to an activating group) is 1. The van der Waals surface area contributed by atoms with Crippen molar-refractivity contribution < 1.29 is 9.47 Å². The Bertz CT molecular complexity index is 398. The first-order chi connectivity index (χ1) is 10.1. The minimum atomic E-state index is 0.199. The molecule has 0 radical (unpaired) electrons. The second kappa shape index (κ2) is 9.77. The molecule has 0 amide bonds. The van der Waals surface area contributed by atoms with Crippen molar-refractivity contribution in [2.45, 2.75) is 38.3 Å². The third-order valence-electron chi connectivity index (χ3n) is 3.91. The molecule has 0 saturated carbocycles. The van der Waals surface area contributed by atoms with Crippen molar-refractivity contribution in [3.63, 3.8) is 0 Å². The third kappa shape index (κ3) is 6.46. The largest absolute Gasteiger partial charge is 0.496 e. The maximum absolute atomic E-state index is 6.18. The Kier molecular flexibility index (Phi) is 8.35. The van der Waals surface area contributed by atoms with E-state index in [1.807, 2.05) is 12.1 Å². The van der Waals surface area contributed by atoms with Gasteiger partial charge in [-0.05, 0) is 44.9 Å². The normalized spacial score (nSPS) is 14.2. The average molecular weight is 294 g/mol. The molecule has 0 aliphatic carbocycles. The van der Waals surface area contributed by atoms with Gasteiger partial charge in [-0.2, -0.15) is 0 Å². The highest BCUT2D eigenvalue weighted by Crippen LogP contribution is 2.20. The van der Waals surface area contributed by atoms with Crippen LogP contribution in [0.2, 0.25) is 0 Å². The molecule has 2 atom stereocenters. The second-order valence-corrected chi connectivity index (χ2v) is 5.70. The van der Waals surface area contributed by atoms with Crippen LogP contribution in [0.4, 0.5) is 0 Å². The van der Waals surface area contributed by atoms with E-state index in [0.717, 1.165) is 38.2 Å². The van der Waals surface area contributed by atoms with E-state index in [1.54, 1.807) is 14.2 Å². The molecule has 0 heterocycles. The zero-order valence-corrected chi connectivity index (χ0v) is 13.8. The van der Waals surface area contributed by atoms with Crippen LogP contribution in [0.1, 0.15) is 25.3 Å². The van der Waals surface area contributed by atoms with E-state index in [2.05, 4.69) is 31.0 Å². The molecule has 4 nitrogen and oxygen atoms in total. The molecule has 1 aromatic carbocycles. The number of nitrogens with zero attached hydrogens (tertiary/aromatic N) is 1. The fraction of sp³-hybridized carbons (Fsp3) is 0.647. The van der Waals surface area contributed by atoms with Crippen LogP contribution >= 0.6 is 0 Å². The van der Waals surface area contributed by atoms with Gasteiger partial charge in [0, 0.05) is 32.3 Å². The molecule has 0 saturated heterocycles. The lowest BCUT2D eigenvalue weighted by molar-refractivity contribution is 0.183. The quantitative estimate of drug-likeness (QED) is 0.673. The van der Waals surface area contributed by atoms with Crippen molar-refractivity contribution in [2.75, 3.05) is 34.4 Å². The van der Waals surface area contributed by atoms with Gasteiger partial charge in [0.15, 0.2) is 0 Å². The number of benzene rings is 1. The number of para-hydroxylation sites is 1.